The van der Waals surface area contributed by atoms with Gasteiger partial charge in [0, 0.05) is 0 Å². The molecule has 1 N–H and O–H groups in total. The van der Waals surface area contributed by atoms with Crippen molar-refractivity contribution in [2.24, 2.45) is 5.92 Å². The predicted octanol–water partition coefficient (Wildman–Crippen LogP) is 13.8. The van der Waals surface area contributed by atoms with Crippen LogP contribution in [0.3, 0.4) is 0 Å². The first-order chi connectivity index (χ1) is 19.7. The van der Waals surface area contributed by atoms with E-state index in [1.807, 2.05) is 0 Å². The van der Waals surface area contributed by atoms with Crippen molar-refractivity contribution < 1.29 is 9.90 Å². The molecule has 0 aromatic carbocycles. The molecule has 0 fully saturated rings. The minimum Gasteiger partial charge on any atom is -0.481 e. The molecule has 0 aromatic rings. The van der Waals surface area contributed by atoms with Crippen LogP contribution in [0.2, 0.25) is 0 Å². The molecule has 1 atom stereocenters. The van der Waals surface area contributed by atoms with Gasteiger partial charge < -0.3 is 5.11 Å². The second kappa shape index (κ2) is 34.4. The first kappa shape index (κ1) is 39.2. The Labute approximate surface area is 253 Å². The smallest absolute Gasteiger partial charge is 0.306 e. The zero-order valence-electron chi connectivity index (χ0n) is 27.7. The minimum absolute atomic E-state index is 0.108. The summed E-state index contributed by atoms with van der Waals surface area (Å²) in [7, 11) is 0. The van der Waals surface area contributed by atoms with Gasteiger partial charge in [0.1, 0.15) is 0 Å². The van der Waals surface area contributed by atoms with Crippen molar-refractivity contribution in [3.05, 3.63) is 12.2 Å². The molecule has 0 aliphatic rings. The summed E-state index contributed by atoms with van der Waals surface area (Å²) in [5, 5.41) is 9.62. The van der Waals surface area contributed by atoms with E-state index in [4.69, 9.17) is 0 Å². The monoisotopic (exact) mass is 563 g/mol. The molecule has 0 heterocycles. The molecule has 1 unspecified atom stereocenters. The Balaban J connectivity index is 3.42. The van der Waals surface area contributed by atoms with Crippen molar-refractivity contribution in [3.63, 3.8) is 0 Å². The maximum atomic E-state index is 11.7. The van der Waals surface area contributed by atoms with Gasteiger partial charge in [0.25, 0.3) is 0 Å². The third kappa shape index (κ3) is 31.7. The summed E-state index contributed by atoms with van der Waals surface area (Å²) >= 11 is 0. The number of rotatable bonds is 34. The van der Waals surface area contributed by atoms with Gasteiger partial charge in [-0.15, -0.1) is 0 Å². The van der Waals surface area contributed by atoms with Crippen molar-refractivity contribution in [2.45, 2.75) is 219 Å². The fourth-order valence-corrected chi connectivity index (χ4v) is 5.97. The number of carbonyl (C=O) groups is 1. The van der Waals surface area contributed by atoms with Crippen molar-refractivity contribution in [3.8, 4) is 0 Å². The standard InChI is InChI=1S/C38H74O2/c1-3-5-7-9-11-13-15-17-19-21-23-25-27-29-31-33-35-37(38(39)40)36-34-32-30-28-26-24-22-20-18-16-14-12-10-8-6-4-2/h17,19,37H,3-16,18,20-36H2,1-2H3,(H,39,40). The van der Waals surface area contributed by atoms with Crippen molar-refractivity contribution >= 4 is 5.97 Å². The number of allylic oxidation sites excluding steroid dienone is 2. The van der Waals surface area contributed by atoms with Crippen LogP contribution in [0.4, 0.5) is 0 Å². The summed E-state index contributed by atoms with van der Waals surface area (Å²) < 4.78 is 0. The molecule has 0 radical (unpaired) electrons. The number of carboxylic acids is 1. The molecule has 0 aromatic heterocycles. The molecule has 2 heteroatoms. The predicted molar refractivity (Wildman–Crippen MR) is 179 cm³/mol. The van der Waals surface area contributed by atoms with Crippen LogP contribution in [-0.4, -0.2) is 11.1 Å². The van der Waals surface area contributed by atoms with Gasteiger partial charge in [0.2, 0.25) is 0 Å². The third-order valence-electron chi connectivity index (χ3n) is 8.82. The van der Waals surface area contributed by atoms with Gasteiger partial charge >= 0.3 is 5.97 Å². The normalized spacial score (nSPS) is 12.4. The lowest BCUT2D eigenvalue weighted by molar-refractivity contribution is -0.142. The Morgan fingerprint density at radius 1 is 0.425 bits per heavy atom. The van der Waals surface area contributed by atoms with Crippen molar-refractivity contribution in [1.82, 2.24) is 0 Å². The number of carboxylic acid groups (broad SMARTS) is 1. The van der Waals surface area contributed by atoms with E-state index in [1.165, 1.54) is 180 Å². The summed E-state index contributed by atoms with van der Waals surface area (Å²) in [5.41, 5.74) is 0. The highest BCUT2D eigenvalue weighted by Crippen LogP contribution is 2.20. The number of hydrogen-bond acceptors (Lipinski definition) is 1. The van der Waals surface area contributed by atoms with Gasteiger partial charge in [-0.1, -0.05) is 193 Å². The molecule has 0 saturated heterocycles. The van der Waals surface area contributed by atoms with Gasteiger partial charge in [-0.25, -0.2) is 0 Å². The van der Waals surface area contributed by atoms with E-state index in [2.05, 4.69) is 26.0 Å². The lowest BCUT2D eigenvalue weighted by Gasteiger charge is -2.12. The van der Waals surface area contributed by atoms with E-state index < -0.39 is 5.97 Å². The summed E-state index contributed by atoms with van der Waals surface area (Å²) in [5.74, 6) is -0.669. The lowest BCUT2D eigenvalue weighted by Crippen LogP contribution is -2.13. The van der Waals surface area contributed by atoms with Crippen LogP contribution < -0.4 is 0 Å². The van der Waals surface area contributed by atoms with Crippen LogP contribution >= 0.6 is 0 Å². The average molecular weight is 563 g/mol. The van der Waals surface area contributed by atoms with E-state index in [1.54, 1.807) is 0 Å². The van der Waals surface area contributed by atoms with E-state index in [0.717, 1.165) is 25.7 Å². The fourth-order valence-electron chi connectivity index (χ4n) is 5.97. The summed E-state index contributed by atoms with van der Waals surface area (Å²) in [6.07, 6.45) is 46.8. The van der Waals surface area contributed by atoms with E-state index in [0.29, 0.717) is 0 Å². The molecule has 0 amide bonds. The van der Waals surface area contributed by atoms with Crippen LogP contribution in [0.5, 0.6) is 0 Å². The molecule has 0 spiro atoms. The third-order valence-corrected chi connectivity index (χ3v) is 8.82. The average Bonchev–Trinajstić information content (AvgIpc) is 2.95. The van der Waals surface area contributed by atoms with Gasteiger partial charge in [-0.2, -0.15) is 0 Å². The highest BCUT2D eigenvalue weighted by atomic mass is 16.4. The molecule has 0 bridgehead atoms. The summed E-state index contributed by atoms with van der Waals surface area (Å²) in [4.78, 5) is 11.7. The molecular weight excluding hydrogens is 488 g/mol. The molecule has 238 valence electrons. The lowest BCUT2D eigenvalue weighted by atomic mass is 9.94. The molecule has 0 saturated carbocycles. The quantitative estimate of drug-likeness (QED) is 0.0625. The Hall–Kier alpha value is -0.790. The molecule has 0 rings (SSSR count). The maximum absolute atomic E-state index is 11.7. The highest BCUT2D eigenvalue weighted by Gasteiger charge is 2.16. The summed E-state index contributed by atoms with van der Waals surface area (Å²) in [6.45, 7) is 4.57. The minimum atomic E-state index is -0.561. The zero-order valence-corrected chi connectivity index (χ0v) is 27.7. The Morgan fingerprint density at radius 3 is 0.950 bits per heavy atom. The van der Waals surface area contributed by atoms with Crippen LogP contribution in [0.1, 0.15) is 219 Å². The highest BCUT2D eigenvalue weighted by molar-refractivity contribution is 5.69. The largest absolute Gasteiger partial charge is 0.481 e. The second-order valence-electron chi connectivity index (χ2n) is 12.9. The molecular formula is C38H74O2. The van der Waals surface area contributed by atoms with E-state index in [-0.39, 0.29) is 5.92 Å². The number of aliphatic carboxylic acids is 1. The maximum Gasteiger partial charge on any atom is 0.306 e. The Morgan fingerprint density at radius 2 is 0.675 bits per heavy atom. The first-order valence-corrected chi connectivity index (χ1v) is 18.6. The first-order valence-electron chi connectivity index (χ1n) is 18.6. The second-order valence-corrected chi connectivity index (χ2v) is 12.9. The zero-order chi connectivity index (χ0) is 29.2. The summed E-state index contributed by atoms with van der Waals surface area (Å²) in [6, 6.07) is 0. The van der Waals surface area contributed by atoms with Crippen molar-refractivity contribution in [1.29, 1.82) is 0 Å². The van der Waals surface area contributed by atoms with Crippen LogP contribution in [0.15, 0.2) is 12.2 Å². The SMILES string of the molecule is CCCCCCCCC=CCCCCCCCCC(CCCCCCCCCCCCCCCCCC)C(=O)O. The Bertz CT molecular complexity index is 512. The van der Waals surface area contributed by atoms with E-state index in [9.17, 15) is 9.90 Å². The molecule has 0 aliphatic heterocycles. The molecule has 0 aliphatic carbocycles. The van der Waals surface area contributed by atoms with Crippen LogP contribution in [0, 0.1) is 5.92 Å². The topological polar surface area (TPSA) is 37.3 Å². The van der Waals surface area contributed by atoms with Gasteiger partial charge in [-0.05, 0) is 38.5 Å². The van der Waals surface area contributed by atoms with Gasteiger partial charge in [-0.3, -0.25) is 4.79 Å². The van der Waals surface area contributed by atoms with Gasteiger partial charge in [0.05, 0.1) is 5.92 Å². The molecule has 2 nitrogen and oxygen atoms in total. The Kier molecular flexibility index (Phi) is 33.7. The molecule has 40 heavy (non-hydrogen) atoms. The fraction of sp³-hybridized carbons (Fsp3) is 0.921. The van der Waals surface area contributed by atoms with Crippen LogP contribution in [0.25, 0.3) is 0 Å². The van der Waals surface area contributed by atoms with Crippen LogP contribution in [-0.2, 0) is 4.79 Å². The van der Waals surface area contributed by atoms with Gasteiger partial charge in [0.15, 0.2) is 0 Å². The van der Waals surface area contributed by atoms with E-state index >= 15 is 0 Å². The number of unbranched alkanes of at least 4 members (excludes halogenated alkanes) is 27. The van der Waals surface area contributed by atoms with Crippen molar-refractivity contribution in [2.75, 3.05) is 0 Å². The number of hydrogen-bond donors (Lipinski definition) is 1.